The van der Waals surface area contributed by atoms with Crippen molar-refractivity contribution in [3.8, 4) is 0 Å². The summed E-state index contributed by atoms with van der Waals surface area (Å²) in [5.74, 6) is 0. The lowest BCUT2D eigenvalue weighted by Crippen LogP contribution is -2.23. The Morgan fingerprint density at radius 1 is 1.29 bits per heavy atom. The fraction of sp³-hybridized carbons (Fsp3) is 0.538. The van der Waals surface area contributed by atoms with Gasteiger partial charge in [-0.3, -0.25) is 0 Å². The number of rotatable bonds is 3. The van der Waals surface area contributed by atoms with Gasteiger partial charge in [-0.25, -0.2) is 0 Å². The van der Waals surface area contributed by atoms with Gasteiger partial charge in [0.1, 0.15) is 0 Å². The smallest absolute Gasteiger partial charge is 0.0520 e. The maximum atomic E-state index is 9.44. The van der Waals surface area contributed by atoms with Crippen LogP contribution in [0.4, 0.5) is 0 Å². The molecule has 78 valence electrons. The normalized spacial score (nSPS) is 14.1. The standard InChI is InChI=1S/C13H20O/c1-10-7-5-6-8-12(10)13(3,4)9-11(2)14/h5-8,11,14H,9H2,1-4H3. The Morgan fingerprint density at radius 3 is 2.36 bits per heavy atom. The number of aliphatic hydroxyl groups is 1. The van der Waals surface area contributed by atoms with Gasteiger partial charge in [-0.15, -0.1) is 0 Å². The summed E-state index contributed by atoms with van der Waals surface area (Å²) in [5.41, 5.74) is 2.69. The van der Waals surface area contributed by atoms with Crippen molar-refractivity contribution in [3.05, 3.63) is 35.4 Å². The van der Waals surface area contributed by atoms with Crippen LogP contribution >= 0.6 is 0 Å². The van der Waals surface area contributed by atoms with Crippen LogP contribution < -0.4 is 0 Å². The first-order valence-corrected chi connectivity index (χ1v) is 5.17. The first kappa shape index (κ1) is 11.3. The van der Waals surface area contributed by atoms with Crippen LogP contribution in [0.15, 0.2) is 24.3 Å². The third-order valence-electron chi connectivity index (χ3n) is 2.68. The molecule has 0 aliphatic carbocycles. The van der Waals surface area contributed by atoms with Crippen LogP contribution in [0.25, 0.3) is 0 Å². The summed E-state index contributed by atoms with van der Waals surface area (Å²) < 4.78 is 0. The predicted octanol–water partition coefficient (Wildman–Crippen LogP) is 3.04. The number of aliphatic hydroxyl groups excluding tert-OH is 1. The lowest BCUT2D eigenvalue weighted by molar-refractivity contribution is 0.156. The molecule has 1 heteroatoms. The van der Waals surface area contributed by atoms with Gasteiger partial charge < -0.3 is 5.11 Å². The largest absolute Gasteiger partial charge is 0.393 e. The van der Waals surface area contributed by atoms with Crippen LogP contribution in [0, 0.1) is 6.92 Å². The molecule has 14 heavy (non-hydrogen) atoms. The maximum Gasteiger partial charge on any atom is 0.0520 e. The molecule has 0 bridgehead atoms. The molecule has 0 aliphatic rings. The van der Waals surface area contributed by atoms with Crippen LogP contribution in [0.2, 0.25) is 0 Å². The van der Waals surface area contributed by atoms with Crippen LogP contribution in [-0.2, 0) is 5.41 Å². The van der Waals surface area contributed by atoms with E-state index in [1.54, 1.807) is 0 Å². The molecule has 1 atom stereocenters. The molecule has 0 heterocycles. The van der Waals surface area contributed by atoms with E-state index in [4.69, 9.17) is 0 Å². The van der Waals surface area contributed by atoms with Crippen LogP contribution in [0.5, 0.6) is 0 Å². The molecule has 0 fully saturated rings. The minimum absolute atomic E-state index is 0.0551. The fourth-order valence-electron chi connectivity index (χ4n) is 2.18. The number of hydrogen-bond donors (Lipinski definition) is 1. The Hall–Kier alpha value is -0.820. The summed E-state index contributed by atoms with van der Waals surface area (Å²) in [4.78, 5) is 0. The van der Waals surface area contributed by atoms with Gasteiger partial charge in [-0.2, -0.15) is 0 Å². The highest BCUT2D eigenvalue weighted by molar-refractivity contribution is 5.32. The second kappa shape index (κ2) is 4.14. The molecular weight excluding hydrogens is 172 g/mol. The van der Waals surface area contributed by atoms with E-state index in [0.717, 1.165) is 6.42 Å². The quantitative estimate of drug-likeness (QED) is 0.780. The van der Waals surface area contributed by atoms with Gasteiger partial charge in [-0.1, -0.05) is 38.1 Å². The lowest BCUT2D eigenvalue weighted by Gasteiger charge is -2.28. The van der Waals surface area contributed by atoms with Gasteiger partial charge in [0.05, 0.1) is 6.10 Å². The van der Waals surface area contributed by atoms with Crippen molar-refractivity contribution in [2.24, 2.45) is 0 Å². The second-order valence-corrected chi connectivity index (χ2v) is 4.75. The highest BCUT2D eigenvalue weighted by Crippen LogP contribution is 2.30. The molecular formula is C13H20O. The van der Waals surface area contributed by atoms with E-state index in [1.807, 2.05) is 6.92 Å². The molecule has 0 saturated carbocycles. The third kappa shape index (κ3) is 2.58. The van der Waals surface area contributed by atoms with Gasteiger partial charge in [-0.05, 0) is 36.8 Å². The zero-order valence-corrected chi connectivity index (χ0v) is 9.54. The zero-order valence-electron chi connectivity index (χ0n) is 9.54. The van der Waals surface area contributed by atoms with Crippen molar-refractivity contribution in [1.29, 1.82) is 0 Å². The maximum absolute atomic E-state index is 9.44. The van der Waals surface area contributed by atoms with Crippen LogP contribution in [0.1, 0.15) is 38.3 Å². The van der Waals surface area contributed by atoms with Gasteiger partial charge in [0, 0.05) is 0 Å². The van der Waals surface area contributed by atoms with Crippen molar-refractivity contribution in [2.45, 2.75) is 45.6 Å². The van der Waals surface area contributed by atoms with Crippen molar-refractivity contribution in [3.63, 3.8) is 0 Å². The molecule has 0 aromatic heterocycles. The van der Waals surface area contributed by atoms with E-state index in [9.17, 15) is 5.11 Å². The number of aryl methyl sites for hydroxylation is 1. The molecule has 1 unspecified atom stereocenters. The third-order valence-corrected chi connectivity index (χ3v) is 2.68. The molecule has 0 saturated heterocycles. The Morgan fingerprint density at radius 2 is 1.86 bits per heavy atom. The Balaban J connectivity index is 2.97. The summed E-state index contributed by atoms with van der Waals surface area (Å²) in [7, 11) is 0. The van der Waals surface area contributed by atoms with Gasteiger partial charge >= 0.3 is 0 Å². The molecule has 1 N–H and O–H groups in total. The second-order valence-electron chi connectivity index (χ2n) is 4.75. The van der Waals surface area contributed by atoms with E-state index in [-0.39, 0.29) is 11.5 Å². The van der Waals surface area contributed by atoms with E-state index in [2.05, 4.69) is 45.0 Å². The molecule has 0 aliphatic heterocycles. The highest BCUT2D eigenvalue weighted by Gasteiger charge is 2.23. The van der Waals surface area contributed by atoms with Gasteiger partial charge in [0.15, 0.2) is 0 Å². The fourth-order valence-corrected chi connectivity index (χ4v) is 2.18. The Labute approximate surface area is 86.8 Å². The summed E-state index contributed by atoms with van der Waals surface area (Å²) >= 11 is 0. The van der Waals surface area contributed by atoms with Crippen molar-refractivity contribution in [2.75, 3.05) is 0 Å². The molecule has 0 amide bonds. The monoisotopic (exact) mass is 192 g/mol. The van der Waals surface area contributed by atoms with Crippen LogP contribution in [-0.4, -0.2) is 11.2 Å². The summed E-state index contributed by atoms with van der Waals surface area (Å²) in [6, 6.07) is 8.39. The molecule has 0 radical (unpaired) electrons. The number of hydrogen-bond acceptors (Lipinski definition) is 1. The van der Waals surface area contributed by atoms with E-state index in [1.165, 1.54) is 11.1 Å². The van der Waals surface area contributed by atoms with Crippen molar-refractivity contribution >= 4 is 0 Å². The van der Waals surface area contributed by atoms with Gasteiger partial charge in [0.2, 0.25) is 0 Å². The lowest BCUT2D eigenvalue weighted by atomic mass is 9.78. The van der Waals surface area contributed by atoms with Gasteiger partial charge in [0.25, 0.3) is 0 Å². The van der Waals surface area contributed by atoms with E-state index < -0.39 is 0 Å². The predicted molar refractivity (Wildman–Crippen MR) is 60.5 cm³/mol. The molecule has 1 aromatic rings. The molecule has 1 aromatic carbocycles. The summed E-state index contributed by atoms with van der Waals surface area (Å²) in [5, 5.41) is 9.44. The average Bonchev–Trinajstić information content (AvgIpc) is 2.02. The SMILES string of the molecule is Cc1ccccc1C(C)(C)CC(C)O. The molecule has 0 spiro atoms. The topological polar surface area (TPSA) is 20.2 Å². The van der Waals surface area contributed by atoms with Crippen molar-refractivity contribution in [1.82, 2.24) is 0 Å². The summed E-state index contributed by atoms with van der Waals surface area (Å²) in [6.45, 7) is 8.34. The zero-order chi connectivity index (χ0) is 10.8. The molecule has 1 rings (SSSR count). The highest BCUT2D eigenvalue weighted by atomic mass is 16.3. The van der Waals surface area contributed by atoms with Crippen molar-refractivity contribution < 1.29 is 5.11 Å². The number of benzene rings is 1. The van der Waals surface area contributed by atoms with E-state index >= 15 is 0 Å². The molecule has 1 nitrogen and oxygen atoms in total. The average molecular weight is 192 g/mol. The summed E-state index contributed by atoms with van der Waals surface area (Å²) in [6.07, 6.45) is 0.558. The first-order chi connectivity index (χ1) is 6.43. The first-order valence-electron chi connectivity index (χ1n) is 5.17. The van der Waals surface area contributed by atoms with Crippen LogP contribution in [0.3, 0.4) is 0 Å². The van der Waals surface area contributed by atoms with E-state index in [0.29, 0.717) is 0 Å². The Bertz CT molecular complexity index is 300. The minimum Gasteiger partial charge on any atom is -0.393 e. The Kier molecular flexibility index (Phi) is 3.33. The minimum atomic E-state index is -0.246.